The molecular formula is C40H49N5O4. The van der Waals surface area contributed by atoms with Crippen molar-refractivity contribution in [2.75, 3.05) is 32.7 Å². The molecule has 2 aliphatic heterocycles. The van der Waals surface area contributed by atoms with Gasteiger partial charge >= 0.3 is 6.09 Å². The minimum Gasteiger partial charge on any atom is -0.445 e. The third-order valence-corrected chi connectivity index (χ3v) is 10.2. The number of alkyl carbamates (subject to hydrolysis) is 1. The first-order valence-corrected chi connectivity index (χ1v) is 17.9. The van der Waals surface area contributed by atoms with E-state index in [1.54, 1.807) is 0 Å². The van der Waals surface area contributed by atoms with Crippen molar-refractivity contribution < 1.29 is 19.1 Å². The number of unbranched alkanes of at least 4 members (excludes halogenated alkanes) is 2. The maximum absolute atomic E-state index is 14.2. The van der Waals surface area contributed by atoms with Gasteiger partial charge in [-0.2, -0.15) is 0 Å². The van der Waals surface area contributed by atoms with E-state index in [0.717, 1.165) is 60.9 Å². The quantitative estimate of drug-likeness (QED) is 0.136. The number of amides is 3. The number of carbonyl (C=O) groups excluding carboxylic acids is 3. The van der Waals surface area contributed by atoms with E-state index < -0.39 is 17.7 Å². The number of piperazine rings is 1. The number of carbonyl (C=O) groups is 3. The first-order valence-electron chi connectivity index (χ1n) is 17.9. The van der Waals surface area contributed by atoms with Crippen molar-refractivity contribution in [3.05, 3.63) is 108 Å². The fourth-order valence-corrected chi connectivity index (χ4v) is 7.36. The van der Waals surface area contributed by atoms with Gasteiger partial charge in [-0.25, -0.2) is 4.79 Å². The predicted molar refractivity (Wildman–Crippen MR) is 192 cm³/mol. The third-order valence-electron chi connectivity index (χ3n) is 10.2. The summed E-state index contributed by atoms with van der Waals surface area (Å²) >= 11 is 0. The highest BCUT2D eigenvalue weighted by atomic mass is 16.5. The Morgan fingerprint density at radius 1 is 0.816 bits per heavy atom. The lowest BCUT2D eigenvalue weighted by Crippen LogP contribution is -2.73. The number of para-hydroxylation sites is 1. The van der Waals surface area contributed by atoms with E-state index in [2.05, 4.69) is 63.0 Å². The highest BCUT2D eigenvalue weighted by molar-refractivity contribution is 6.00. The van der Waals surface area contributed by atoms with Gasteiger partial charge < -0.3 is 30.2 Å². The monoisotopic (exact) mass is 663 g/mol. The minimum absolute atomic E-state index is 0.00554. The number of H-pyrrole nitrogens is 1. The van der Waals surface area contributed by atoms with Gasteiger partial charge in [0, 0.05) is 43.3 Å². The molecule has 4 aromatic rings. The summed E-state index contributed by atoms with van der Waals surface area (Å²) in [5, 5.41) is 7.09. The van der Waals surface area contributed by atoms with Gasteiger partial charge in [-0.15, -0.1) is 0 Å². The molecule has 2 fully saturated rings. The van der Waals surface area contributed by atoms with Crippen molar-refractivity contribution in [2.24, 2.45) is 0 Å². The molecule has 0 bridgehead atoms. The van der Waals surface area contributed by atoms with Gasteiger partial charge in [-0.3, -0.25) is 9.59 Å². The van der Waals surface area contributed by atoms with Crippen LogP contribution in [0.4, 0.5) is 4.79 Å². The van der Waals surface area contributed by atoms with Crippen LogP contribution in [-0.2, 0) is 33.8 Å². The van der Waals surface area contributed by atoms with Crippen LogP contribution in [0.3, 0.4) is 0 Å². The summed E-state index contributed by atoms with van der Waals surface area (Å²) in [4.78, 5) is 48.1. The zero-order chi connectivity index (χ0) is 33.9. The van der Waals surface area contributed by atoms with Gasteiger partial charge in [-0.05, 0) is 87.1 Å². The summed E-state index contributed by atoms with van der Waals surface area (Å²) in [5.74, 6) is -0.0200. The molecule has 1 aromatic heterocycles. The lowest BCUT2D eigenvalue weighted by molar-refractivity contribution is -0.161. The molecule has 0 saturated carbocycles. The lowest BCUT2D eigenvalue weighted by Gasteiger charge is -2.51. The molecule has 1 unspecified atom stereocenters. The standard InChI is InChI=1S/C40H49N5O4/c46-37-36(20-9-11-24-41-39(48)49-30-32-16-5-2-6-17-32)43-38(47)40(45(37)26-21-33-29-42-35-19-8-7-18-34(33)35)22-27-44(28-23-40)25-12-10-15-31-13-3-1-4-14-31/h1-8,13-14,16-19,29,36,42H,9-12,15,20-28,30H2,(H,41,48)(H,43,47). The fourth-order valence-electron chi connectivity index (χ4n) is 7.36. The van der Waals surface area contributed by atoms with Crippen LogP contribution in [0.15, 0.2) is 91.1 Å². The van der Waals surface area contributed by atoms with Crippen LogP contribution in [-0.4, -0.2) is 77.0 Å². The van der Waals surface area contributed by atoms with E-state index in [1.165, 1.54) is 5.56 Å². The number of hydrogen-bond acceptors (Lipinski definition) is 5. The maximum Gasteiger partial charge on any atom is 0.407 e. The SMILES string of the molecule is O=C(NCCCCC1NC(=O)C2(CCN(CCCCc3ccccc3)CC2)N(CCc2c[nH]c3ccccc23)C1=O)OCc1ccccc1. The Balaban J connectivity index is 1.03. The van der Waals surface area contributed by atoms with Gasteiger partial charge in [0.1, 0.15) is 18.2 Å². The lowest BCUT2D eigenvalue weighted by atomic mass is 9.81. The number of piperidine rings is 1. The average Bonchev–Trinajstić information content (AvgIpc) is 3.55. The van der Waals surface area contributed by atoms with E-state index in [1.807, 2.05) is 53.6 Å². The fraction of sp³-hybridized carbons (Fsp3) is 0.425. The topological polar surface area (TPSA) is 107 Å². The van der Waals surface area contributed by atoms with Crippen LogP contribution in [0.1, 0.15) is 61.6 Å². The van der Waals surface area contributed by atoms with Gasteiger partial charge in [0.2, 0.25) is 11.8 Å². The second-order valence-electron chi connectivity index (χ2n) is 13.4. The molecule has 9 nitrogen and oxygen atoms in total. The third kappa shape index (κ3) is 8.70. The number of aryl methyl sites for hydroxylation is 1. The van der Waals surface area contributed by atoms with E-state index in [9.17, 15) is 14.4 Å². The Bertz CT molecular complexity index is 1670. The second-order valence-corrected chi connectivity index (χ2v) is 13.4. The highest BCUT2D eigenvalue weighted by Crippen LogP contribution is 2.34. The first-order chi connectivity index (χ1) is 24.0. The molecule has 2 aliphatic rings. The largest absolute Gasteiger partial charge is 0.445 e. The molecule has 3 aromatic carbocycles. The normalized spacial score (nSPS) is 17.7. The summed E-state index contributed by atoms with van der Waals surface area (Å²) in [6, 6.07) is 27.8. The number of ether oxygens (including phenoxy) is 1. The molecule has 1 atom stereocenters. The molecule has 258 valence electrons. The van der Waals surface area contributed by atoms with Crippen molar-refractivity contribution in [2.45, 2.75) is 76.0 Å². The first kappa shape index (κ1) is 34.2. The summed E-state index contributed by atoms with van der Waals surface area (Å²) < 4.78 is 5.30. The van der Waals surface area contributed by atoms with Crippen LogP contribution in [0.5, 0.6) is 0 Å². The number of fused-ring (bicyclic) bond motifs is 1. The van der Waals surface area contributed by atoms with Crippen molar-refractivity contribution in [1.82, 2.24) is 25.4 Å². The number of rotatable bonds is 15. The molecule has 3 N–H and O–H groups in total. The van der Waals surface area contributed by atoms with Crippen molar-refractivity contribution in [3.8, 4) is 0 Å². The summed E-state index contributed by atoms with van der Waals surface area (Å²) in [5.41, 5.74) is 3.70. The van der Waals surface area contributed by atoms with E-state index >= 15 is 0 Å². The molecule has 2 saturated heterocycles. The zero-order valence-electron chi connectivity index (χ0n) is 28.4. The number of likely N-dealkylation sites (tertiary alicyclic amines) is 1. The van der Waals surface area contributed by atoms with Crippen molar-refractivity contribution >= 4 is 28.8 Å². The van der Waals surface area contributed by atoms with E-state index in [-0.39, 0.29) is 18.4 Å². The summed E-state index contributed by atoms with van der Waals surface area (Å²) in [6.07, 6.45) is 8.74. The number of hydrogen-bond donors (Lipinski definition) is 3. The van der Waals surface area contributed by atoms with Crippen LogP contribution < -0.4 is 10.6 Å². The van der Waals surface area contributed by atoms with Crippen molar-refractivity contribution in [3.63, 3.8) is 0 Å². The Kier molecular flexibility index (Phi) is 11.6. The maximum atomic E-state index is 14.2. The zero-order valence-corrected chi connectivity index (χ0v) is 28.4. The number of aromatic nitrogens is 1. The Labute approximate surface area is 289 Å². The van der Waals surface area contributed by atoms with Gasteiger partial charge in [-0.1, -0.05) is 78.9 Å². The van der Waals surface area contributed by atoms with Gasteiger partial charge in [0.25, 0.3) is 0 Å². The summed E-state index contributed by atoms with van der Waals surface area (Å²) in [6.45, 7) is 3.76. The second kappa shape index (κ2) is 16.7. The summed E-state index contributed by atoms with van der Waals surface area (Å²) in [7, 11) is 0. The molecule has 0 aliphatic carbocycles. The molecule has 6 rings (SSSR count). The minimum atomic E-state index is -0.829. The van der Waals surface area contributed by atoms with Crippen LogP contribution in [0, 0.1) is 0 Å². The Hall–Kier alpha value is -4.63. The van der Waals surface area contributed by atoms with Crippen LogP contribution in [0.2, 0.25) is 0 Å². The molecule has 0 radical (unpaired) electrons. The smallest absolute Gasteiger partial charge is 0.407 e. The number of aromatic amines is 1. The predicted octanol–water partition coefficient (Wildman–Crippen LogP) is 5.99. The van der Waals surface area contributed by atoms with Gasteiger partial charge in [0.15, 0.2) is 0 Å². The Morgan fingerprint density at radius 3 is 2.31 bits per heavy atom. The number of benzene rings is 3. The molecule has 49 heavy (non-hydrogen) atoms. The molecule has 1 spiro atoms. The highest BCUT2D eigenvalue weighted by Gasteiger charge is 2.53. The average molecular weight is 664 g/mol. The van der Waals surface area contributed by atoms with Crippen LogP contribution >= 0.6 is 0 Å². The molecule has 9 heteroatoms. The van der Waals surface area contributed by atoms with E-state index in [4.69, 9.17) is 4.74 Å². The molecule has 3 heterocycles. The molecular weight excluding hydrogens is 614 g/mol. The number of nitrogens with zero attached hydrogens (tertiary/aromatic N) is 2. The van der Waals surface area contributed by atoms with Crippen LogP contribution in [0.25, 0.3) is 10.9 Å². The van der Waals surface area contributed by atoms with Crippen molar-refractivity contribution in [1.29, 1.82) is 0 Å². The van der Waals surface area contributed by atoms with E-state index in [0.29, 0.717) is 51.6 Å². The number of nitrogens with one attached hydrogen (secondary N) is 3. The van der Waals surface area contributed by atoms with Gasteiger partial charge in [0.05, 0.1) is 0 Å². The Morgan fingerprint density at radius 2 is 1.53 bits per heavy atom. The molecule has 3 amide bonds.